The number of hydrogen-bond donors (Lipinski definition) is 0. The first-order chi connectivity index (χ1) is 14.0. The van der Waals surface area contributed by atoms with Crippen LogP contribution in [-0.4, -0.2) is 30.0 Å². The van der Waals surface area contributed by atoms with E-state index >= 15 is 0 Å². The van der Waals surface area contributed by atoms with Crippen LogP contribution in [0.25, 0.3) is 0 Å². The molecule has 0 aliphatic heterocycles. The number of carbonyl (C=O) groups excluding carboxylic acids is 2. The number of Topliss-reactive ketones (excluding diaryl/α,β-unsaturated/α-hetero) is 1. The number of ether oxygens (including phenoxy) is 2. The van der Waals surface area contributed by atoms with Crippen molar-refractivity contribution in [2.45, 2.75) is 24.5 Å². The molecule has 1 aromatic heterocycles. The van der Waals surface area contributed by atoms with Gasteiger partial charge in [0.05, 0.1) is 21.8 Å². The predicted molar refractivity (Wildman–Crippen MR) is 115 cm³/mol. The smallest absolute Gasteiger partial charge is 0.339 e. The summed E-state index contributed by atoms with van der Waals surface area (Å²) in [7, 11) is 0. The fraction of sp³-hybridized carbons (Fsp3) is 0.227. The molecule has 0 amide bonds. The highest BCUT2D eigenvalue weighted by Gasteiger charge is 2.14. The average molecular weight is 428 g/mol. The molecular weight excluding hydrogens is 406 g/mol. The highest BCUT2D eigenvalue weighted by Crippen LogP contribution is 2.27. The van der Waals surface area contributed by atoms with E-state index in [2.05, 4.69) is 4.98 Å². The van der Waals surface area contributed by atoms with Crippen LogP contribution in [0, 0.1) is 6.92 Å². The summed E-state index contributed by atoms with van der Waals surface area (Å²) >= 11 is 3.17. The monoisotopic (exact) mass is 427 g/mol. The summed E-state index contributed by atoms with van der Waals surface area (Å²) < 4.78 is 11.0. The molecule has 0 spiro atoms. The molecule has 0 saturated carbocycles. The van der Waals surface area contributed by atoms with Crippen LogP contribution in [-0.2, 0) is 10.5 Å². The van der Waals surface area contributed by atoms with Gasteiger partial charge in [-0.1, -0.05) is 24.3 Å². The van der Waals surface area contributed by atoms with E-state index in [1.807, 2.05) is 30.5 Å². The Morgan fingerprint density at radius 3 is 2.48 bits per heavy atom. The highest BCUT2D eigenvalue weighted by molar-refractivity contribution is 7.98. The molecule has 0 N–H and O–H groups in total. The topological polar surface area (TPSA) is 65.5 Å². The third-order valence-corrected chi connectivity index (χ3v) is 5.92. The van der Waals surface area contributed by atoms with Crippen LogP contribution in [0.2, 0.25) is 0 Å². The van der Waals surface area contributed by atoms with Crippen molar-refractivity contribution in [3.8, 4) is 5.75 Å². The van der Waals surface area contributed by atoms with Gasteiger partial charge in [-0.25, -0.2) is 9.78 Å². The van der Waals surface area contributed by atoms with E-state index < -0.39 is 5.97 Å². The number of esters is 1. The normalized spacial score (nSPS) is 10.6. The fourth-order valence-electron chi connectivity index (χ4n) is 2.63. The first-order valence-corrected chi connectivity index (χ1v) is 10.9. The van der Waals surface area contributed by atoms with Crippen molar-refractivity contribution in [3.63, 3.8) is 0 Å². The zero-order valence-electron chi connectivity index (χ0n) is 16.2. The second-order valence-corrected chi connectivity index (χ2v) is 8.26. The fourth-order valence-corrected chi connectivity index (χ4v) is 4.29. The highest BCUT2D eigenvalue weighted by atomic mass is 32.2. The predicted octanol–water partition coefficient (Wildman–Crippen LogP) is 5.18. The van der Waals surface area contributed by atoms with Gasteiger partial charge in [-0.3, -0.25) is 4.79 Å². The summed E-state index contributed by atoms with van der Waals surface area (Å²) in [4.78, 5) is 29.4. The van der Waals surface area contributed by atoms with Crippen LogP contribution in [0.5, 0.6) is 5.75 Å². The van der Waals surface area contributed by atoms with Crippen LogP contribution in [0.4, 0.5) is 0 Å². The van der Waals surface area contributed by atoms with Gasteiger partial charge in [-0.05, 0) is 38.1 Å². The molecule has 0 aliphatic rings. The number of aryl methyl sites for hydroxylation is 1. The average Bonchev–Trinajstić information content (AvgIpc) is 3.15. The van der Waals surface area contributed by atoms with Gasteiger partial charge < -0.3 is 9.47 Å². The Hall–Kier alpha value is -2.64. The summed E-state index contributed by atoms with van der Waals surface area (Å²) in [6.45, 7) is 3.73. The van der Waals surface area contributed by atoms with Crippen molar-refractivity contribution in [2.75, 3.05) is 13.2 Å². The van der Waals surface area contributed by atoms with Gasteiger partial charge >= 0.3 is 5.97 Å². The van der Waals surface area contributed by atoms with Crippen LogP contribution >= 0.6 is 23.1 Å². The lowest BCUT2D eigenvalue weighted by Gasteiger charge is -2.11. The molecule has 0 radical (unpaired) electrons. The maximum atomic E-state index is 12.5. The quantitative estimate of drug-likeness (QED) is 0.203. The number of nitrogens with zero attached hydrogens (tertiary/aromatic N) is 1. The zero-order chi connectivity index (χ0) is 20.6. The van der Waals surface area contributed by atoms with Crippen molar-refractivity contribution in [2.24, 2.45) is 0 Å². The molecule has 0 bridgehead atoms. The summed E-state index contributed by atoms with van der Waals surface area (Å²) in [5.74, 6) is 0.718. The summed E-state index contributed by atoms with van der Waals surface area (Å²) in [6, 6.07) is 14.4. The molecule has 29 heavy (non-hydrogen) atoms. The number of rotatable bonds is 9. The van der Waals surface area contributed by atoms with Crippen molar-refractivity contribution >= 4 is 34.9 Å². The summed E-state index contributed by atoms with van der Waals surface area (Å²) in [5, 5.41) is 3.05. The maximum absolute atomic E-state index is 12.5. The van der Waals surface area contributed by atoms with Gasteiger partial charge in [0.15, 0.2) is 5.78 Å². The molecule has 0 unspecified atom stereocenters. The SMILES string of the molecule is CC(=O)c1ccccc1OCCOC(=O)c1ccccc1SCc1csc(C)n1. The van der Waals surface area contributed by atoms with Gasteiger partial charge in [0.25, 0.3) is 0 Å². The van der Waals surface area contributed by atoms with Crippen molar-refractivity contribution < 1.29 is 19.1 Å². The number of carbonyl (C=O) groups is 2. The number of aromatic nitrogens is 1. The van der Waals surface area contributed by atoms with Crippen molar-refractivity contribution in [1.82, 2.24) is 4.98 Å². The van der Waals surface area contributed by atoms with E-state index in [1.165, 1.54) is 6.92 Å². The van der Waals surface area contributed by atoms with E-state index in [-0.39, 0.29) is 19.0 Å². The summed E-state index contributed by atoms with van der Waals surface area (Å²) in [5.41, 5.74) is 2.03. The molecule has 2 aromatic carbocycles. The molecule has 0 fully saturated rings. The van der Waals surface area contributed by atoms with Gasteiger partial charge in [0.1, 0.15) is 19.0 Å². The first-order valence-electron chi connectivity index (χ1n) is 9.07. The molecule has 7 heteroatoms. The number of benzene rings is 2. The second-order valence-electron chi connectivity index (χ2n) is 6.18. The molecule has 0 saturated heterocycles. The van der Waals surface area contributed by atoms with E-state index in [1.54, 1.807) is 53.4 Å². The van der Waals surface area contributed by atoms with Gasteiger partial charge in [-0.2, -0.15) is 0 Å². The number of thioether (sulfide) groups is 1. The van der Waals surface area contributed by atoms with Crippen LogP contribution < -0.4 is 4.74 Å². The van der Waals surface area contributed by atoms with Gasteiger partial charge in [0.2, 0.25) is 0 Å². The molecule has 5 nitrogen and oxygen atoms in total. The number of para-hydroxylation sites is 1. The third-order valence-electron chi connectivity index (χ3n) is 3.99. The molecule has 0 atom stereocenters. The lowest BCUT2D eigenvalue weighted by molar-refractivity contribution is 0.0445. The zero-order valence-corrected chi connectivity index (χ0v) is 17.8. The minimum atomic E-state index is -0.397. The molecular formula is C22H21NO4S2. The first kappa shape index (κ1) is 21.1. The third kappa shape index (κ3) is 5.92. The second kappa shape index (κ2) is 10.2. The lowest BCUT2D eigenvalue weighted by atomic mass is 10.1. The molecule has 150 valence electrons. The molecule has 3 aromatic rings. The number of thiazole rings is 1. The number of hydrogen-bond acceptors (Lipinski definition) is 7. The number of ketones is 1. The van der Waals surface area contributed by atoms with E-state index in [0.29, 0.717) is 22.6 Å². The minimum Gasteiger partial charge on any atom is -0.489 e. The largest absolute Gasteiger partial charge is 0.489 e. The minimum absolute atomic E-state index is 0.0705. The van der Waals surface area contributed by atoms with Gasteiger partial charge in [0, 0.05) is 16.0 Å². The standard InChI is InChI=1S/C22H21NO4S2/c1-15(24)18-7-3-5-9-20(18)26-11-12-27-22(25)19-8-4-6-10-21(19)29-14-17-13-28-16(2)23-17/h3-10,13H,11-12,14H2,1-2H3. The van der Waals surface area contributed by atoms with E-state index in [4.69, 9.17) is 9.47 Å². The Kier molecular flexibility index (Phi) is 7.43. The lowest BCUT2D eigenvalue weighted by Crippen LogP contribution is -2.14. The van der Waals surface area contributed by atoms with E-state index in [0.717, 1.165) is 15.6 Å². The van der Waals surface area contributed by atoms with Crippen molar-refractivity contribution in [1.29, 1.82) is 0 Å². The molecule has 1 heterocycles. The van der Waals surface area contributed by atoms with Crippen molar-refractivity contribution in [3.05, 3.63) is 75.7 Å². The maximum Gasteiger partial charge on any atom is 0.339 e. The van der Waals surface area contributed by atoms with Gasteiger partial charge in [-0.15, -0.1) is 23.1 Å². The Balaban J connectivity index is 1.54. The Morgan fingerprint density at radius 1 is 1.03 bits per heavy atom. The van der Waals surface area contributed by atoms with E-state index in [9.17, 15) is 9.59 Å². The van der Waals surface area contributed by atoms with Crippen LogP contribution in [0.3, 0.4) is 0 Å². The Bertz CT molecular complexity index is 1000. The Morgan fingerprint density at radius 2 is 1.76 bits per heavy atom. The Labute approximate surface area is 178 Å². The summed E-state index contributed by atoms with van der Waals surface area (Å²) in [6.07, 6.45) is 0. The van der Waals surface area contributed by atoms with Crippen LogP contribution in [0.1, 0.15) is 38.3 Å². The molecule has 0 aliphatic carbocycles. The van der Waals surface area contributed by atoms with Crippen LogP contribution in [0.15, 0.2) is 58.8 Å². The molecule has 3 rings (SSSR count).